The van der Waals surface area contributed by atoms with E-state index in [1.54, 1.807) is 0 Å². The molecule has 0 aliphatic heterocycles. The number of rotatable bonds is 2. The van der Waals surface area contributed by atoms with Gasteiger partial charge in [0.1, 0.15) is 11.3 Å². The smallest absolute Gasteiger partial charge is 0.417 e. The Morgan fingerprint density at radius 3 is 2.68 bits per heavy atom. The molecule has 0 bridgehead atoms. The van der Waals surface area contributed by atoms with Crippen LogP contribution in [-0.4, -0.2) is 13.1 Å². The van der Waals surface area contributed by atoms with Gasteiger partial charge in [-0.2, -0.15) is 13.2 Å². The van der Waals surface area contributed by atoms with Crippen LogP contribution in [0, 0.1) is 0 Å². The molecular weight excluding hydrogens is 263 g/mol. The van der Waals surface area contributed by atoms with Crippen molar-refractivity contribution in [3.63, 3.8) is 0 Å². The molecule has 1 aromatic carbocycles. The van der Waals surface area contributed by atoms with Crippen molar-refractivity contribution in [2.24, 2.45) is 5.73 Å². The zero-order chi connectivity index (χ0) is 14.2. The summed E-state index contributed by atoms with van der Waals surface area (Å²) in [6.07, 6.45) is -4.50. The van der Waals surface area contributed by atoms with Gasteiger partial charge in [0.05, 0.1) is 12.7 Å². The van der Waals surface area contributed by atoms with Crippen LogP contribution in [0.15, 0.2) is 28.7 Å². The SMILES string of the molecule is COC(=O)C(N)c1cc2c(C(F)(F)F)cccc2o1. The minimum atomic E-state index is -4.50. The molecule has 19 heavy (non-hydrogen) atoms. The minimum absolute atomic E-state index is 0.0178. The molecule has 2 N–H and O–H groups in total. The highest BCUT2D eigenvalue weighted by Gasteiger charge is 2.34. The van der Waals surface area contributed by atoms with Gasteiger partial charge in [-0.1, -0.05) is 6.07 Å². The van der Waals surface area contributed by atoms with E-state index < -0.39 is 23.8 Å². The summed E-state index contributed by atoms with van der Waals surface area (Å²) in [5.74, 6) is -0.855. The quantitative estimate of drug-likeness (QED) is 0.854. The first-order valence-electron chi connectivity index (χ1n) is 5.27. The molecule has 1 aromatic heterocycles. The van der Waals surface area contributed by atoms with Crippen molar-refractivity contribution >= 4 is 16.9 Å². The Kier molecular flexibility index (Phi) is 3.23. The van der Waals surface area contributed by atoms with Gasteiger partial charge >= 0.3 is 12.1 Å². The van der Waals surface area contributed by atoms with Gasteiger partial charge in [0.25, 0.3) is 0 Å². The van der Waals surface area contributed by atoms with Crippen molar-refractivity contribution in [3.8, 4) is 0 Å². The number of methoxy groups -OCH3 is 1. The molecule has 0 spiro atoms. The van der Waals surface area contributed by atoms with Gasteiger partial charge < -0.3 is 14.9 Å². The zero-order valence-corrected chi connectivity index (χ0v) is 9.82. The van der Waals surface area contributed by atoms with Gasteiger partial charge in [-0.3, -0.25) is 0 Å². The summed E-state index contributed by atoms with van der Waals surface area (Å²) in [6, 6.07) is 3.39. The lowest BCUT2D eigenvalue weighted by molar-refractivity contribution is -0.142. The van der Waals surface area contributed by atoms with E-state index in [0.717, 1.165) is 19.2 Å². The number of fused-ring (bicyclic) bond motifs is 1. The number of carbonyl (C=O) groups is 1. The van der Waals surface area contributed by atoms with Crippen molar-refractivity contribution in [2.45, 2.75) is 12.2 Å². The van der Waals surface area contributed by atoms with Gasteiger partial charge in [0.2, 0.25) is 0 Å². The highest BCUT2D eigenvalue weighted by atomic mass is 19.4. The number of nitrogens with two attached hydrogens (primary N) is 1. The summed E-state index contributed by atoms with van der Waals surface area (Å²) in [4.78, 5) is 11.2. The van der Waals surface area contributed by atoms with Crippen LogP contribution < -0.4 is 5.73 Å². The van der Waals surface area contributed by atoms with Crippen LogP contribution in [0.3, 0.4) is 0 Å². The van der Waals surface area contributed by atoms with Crippen LogP contribution >= 0.6 is 0 Å². The predicted molar refractivity (Wildman–Crippen MR) is 60.2 cm³/mol. The van der Waals surface area contributed by atoms with Crippen LogP contribution in [0.25, 0.3) is 11.0 Å². The average molecular weight is 273 g/mol. The van der Waals surface area contributed by atoms with Crippen LogP contribution in [-0.2, 0) is 15.7 Å². The Bertz CT molecular complexity index is 618. The van der Waals surface area contributed by atoms with Crippen molar-refractivity contribution in [1.82, 2.24) is 0 Å². The Hall–Kier alpha value is -2.02. The lowest BCUT2D eigenvalue weighted by Crippen LogP contribution is -2.21. The van der Waals surface area contributed by atoms with Crippen LogP contribution in [0.1, 0.15) is 17.4 Å². The molecular formula is C12H10F3NO3. The van der Waals surface area contributed by atoms with Crippen LogP contribution in [0.2, 0.25) is 0 Å². The summed E-state index contributed by atoms with van der Waals surface area (Å²) in [5.41, 5.74) is 4.70. The van der Waals surface area contributed by atoms with Gasteiger partial charge in [-0.05, 0) is 18.2 Å². The fourth-order valence-electron chi connectivity index (χ4n) is 1.72. The summed E-state index contributed by atoms with van der Waals surface area (Å²) in [5, 5.41) is -0.135. The molecule has 102 valence electrons. The maximum absolute atomic E-state index is 12.8. The Labute approximate surface area is 105 Å². The van der Waals surface area contributed by atoms with E-state index in [9.17, 15) is 18.0 Å². The molecule has 2 aromatic rings. The standard InChI is InChI=1S/C12H10F3NO3/c1-18-11(17)10(16)9-5-6-7(12(13,14)15)3-2-4-8(6)19-9/h2-5,10H,16H2,1H3. The molecule has 1 atom stereocenters. The second kappa shape index (κ2) is 4.58. The highest BCUT2D eigenvalue weighted by Crippen LogP contribution is 2.36. The van der Waals surface area contributed by atoms with Crippen molar-refractivity contribution in [3.05, 3.63) is 35.6 Å². The number of benzene rings is 1. The molecule has 0 aliphatic rings. The van der Waals surface area contributed by atoms with E-state index >= 15 is 0 Å². The van der Waals surface area contributed by atoms with Gasteiger partial charge in [0.15, 0.2) is 6.04 Å². The van der Waals surface area contributed by atoms with E-state index in [1.807, 2.05) is 0 Å². The molecule has 2 rings (SSSR count). The molecule has 1 heterocycles. The molecule has 0 radical (unpaired) electrons. The summed E-state index contributed by atoms with van der Waals surface area (Å²) in [7, 11) is 1.13. The molecule has 0 fully saturated rings. The highest BCUT2D eigenvalue weighted by molar-refractivity contribution is 5.85. The predicted octanol–water partition coefficient (Wildman–Crippen LogP) is 2.62. The van der Waals surface area contributed by atoms with Crippen LogP contribution in [0.4, 0.5) is 13.2 Å². The topological polar surface area (TPSA) is 65.5 Å². The van der Waals surface area contributed by atoms with Gasteiger partial charge in [-0.15, -0.1) is 0 Å². The first-order chi connectivity index (χ1) is 8.84. The molecule has 0 saturated carbocycles. The monoisotopic (exact) mass is 273 g/mol. The summed E-state index contributed by atoms with van der Waals surface area (Å²) in [6.45, 7) is 0. The Morgan fingerprint density at radius 2 is 2.11 bits per heavy atom. The molecule has 1 unspecified atom stereocenters. The van der Waals surface area contributed by atoms with Gasteiger partial charge in [-0.25, -0.2) is 4.79 Å². The number of halogens is 3. The molecule has 4 nitrogen and oxygen atoms in total. The summed E-state index contributed by atoms with van der Waals surface area (Å²) >= 11 is 0. The first kappa shape index (κ1) is 13.4. The second-order valence-corrected chi connectivity index (χ2v) is 3.86. The van der Waals surface area contributed by atoms with E-state index in [1.165, 1.54) is 12.1 Å². The maximum Gasteiger partial charge on any atom is 0.417 e. The first-order valence-corrected chi connectivity index (χ1v) is 5.27. The maximum atomic E-state index is 12.8. The molecule has 0 saturated heterocycles. The lowest BCUT2D eigenvalue weighted by Gasteiger charge is -2.06. The third kappa shape index (κ3) is 2.41. The molecule has 0 amide bonds. The number of hydrogen-bond donors (Lipinski definition) is 1. The minimum Gasteiger partial charge on any atom is -0.468 e. The van der Waals surface area contributed by atoms with Crippen molar-refractivity contribution in [2.75, 3.05) is 7.11 Å². The van der Waals surface area contributed by atoms with E-state index in [-0.39, 0.29) is 16.7 Å². The van der Waals surface area contributed by atoms with E-state index in [4.69, 9.17) is 10.2 Å². The normalized spacial score (nSPS) is 13.5. The third-order valence-electron chi connectivity index (χ3n) is 2.65. The average Bonchev–Trinajstić information content (AvgIpc) is 2.78. The fraction of sp³-hybridized carbons (Fsp3) is 0.250. The van der Waals surface area contributed by atoms with E-state index in [2.05, 4.69) is 4.74 Å². The second-order valence-electron chi connectivity index (χ2n) is 3.86. The number of alkyl halides is 3. The third-order valence-corrected chi connectivity index (χ3v) is 2.65. The molecule has 0 aliphatic carbocycles. The van der Waals surface area contributed by atoms with Crippen molar-refractivity contribution < 1.29 is 27.1 Å². The number of carbonyl (C=O) groups excluding carboxylic acids is 1. The fourth-order valence-corrected chi connectivity index (χ4v) is 1.72. The number of hydrogen-bond acceptors (Lipinski definition) is 4. The number of furan rings is 1. The number of ether oxygens (including phenoxy) is 1. The zero-order valence-electron chi connectivity index (χ0n) is 9.82. The summed E-state index contributed by atoms with van der Waals surface area (Å²) < 4.78 is 47.9. The van der Waals surface area contributed by atoms with Crippen LogP contribution in [0.5, 0.6) is 0 Å². The Balaban J connectivity index is 2.55. The molecule has 7 heteroatoms. The van der Waals surface area contributed by atoms with E-state index in [0.29, 0.717) is 0 Å². The van der Waals surface area contributed by atoms with Crippen molar-refractivity contribution in [1.29, 1.82) is 0 Å². The van der Waals surface area contributed by atoms with Gasteiger partial charge in [0, 0.05) is 5.39 Å². The Morgan fingerprint density at radius 1 is 1.42 bits per heavy atom. The largest absolute Gasteiger partial charge is 0.468 e. The lowest BCUT2D eigenvalue weighted by atomic mass is 10.1. The number of esters is 1.